The molecule has 2 rings (SSSR count). The van der Waals surface area contributed by atoms with E-state index in [1.807, 2.05) is 13.8 Å². The van der Waals surface area contributed by atoms with Crippen molar-refractivity contribution in [2.45, 2.75) is 46.4 Å². The molecule has 2 aromatic heterocycles. The lowest BCUT2D eigenvalue weighted by atomic mass is 10.1. The molecule has 0 saturated heterocycles. The molecule has 21 heavy (non-hydrogen) atoms. The Hall–Kier alpha value is -1.89. The Morgan fingerprint density at radius 1 is 1.33 bits per heavy atom. The first-order chi connectivity index (χ1) is 9.88. The fourth-order valence-corrected chi connectivity index (χ4v) is 2.33. The van der Waals surface area contributed by atoms with Gasteiger partial charge in [0.15, 0.2) is 11.2 Å². The first-order valence-corrected chi connectivity index (χ1v) is 7.21. The molecule has 1 N–H and O–H groups in total. The van der Waals surface area contributed by atoms with E-state index in [0.29, 0.717) is 17.7 Å². The standard InChI is InChI=1S/C14H22N4O3/c1-5-6-17-8-15-12-11(17)13(20)18(14(21)16(12)4)7-9(2)10(3)19/h8-10,19H,5-7H2,1-4H3. The lowest BCUT2D eigenvalue weighted by Gasteiger charge is -2.16. The van der Waals surface area contributed by atoms with E-state index in [0.717, 1.165) is 6.42 Å². The Morgan fingerprint density at radius 2 is 2.00 bits per heavy atom. The first-order valence-electron chi connectivity index (χ1n) is 7.21. The molecule has 0 saturated carbocycles. The number of hydrogen-bond acceptors (Lipinski definition) is 4. The number of aliphatic hydroxyl groups excluding tert-OH is 1. The number of imidazole rings is 1. The van der Waals surface area contributed by atoms with Crippen LogP contribution in [0.25, 0.3) is 11.2 Å². The number of aliphatic hydroxyl groups is 1. The summed E-state index contributed by atoms with van der Waals surface area (Å²) in [7, 11) is 1.61. The summed E-state index contributed by atoms with van der Waals surface area (Å²) < 4.78 is 4.35. The molecule has 0 aliphatic heterocycles. The zero-order chi connectivity index (χ0) is 15.7. The minimum Gasteiger partial charge on any atom is -0.393 e. The lowest BCUT2D eigenvalue weighted by molar-refractivity contribution is 0.123. The Balaban J connectivity index is 2.68. The number of aryl methyl sites for hydroxylation is 2. The summed E-state index contributed by atoms with van der Waals surface area (Å²) in [5, 5.41) is 9.60. The second kappa shape index (κ2) is 5.85. The van der Waals surface area contributed by atoms with Gasteiger partial charge < -0.3 is 9.67 Å². The van der Waals surface area contributed by atoms with Crippen molar-refractivity contribution in [3.63, 3.8) is 0 Å². The maximum Gasteiger partial charge on any atom is 0.332 e. The lowest BCUT2D eigenvalue weighted by Crippen LogP contribution is -2.42. The summed E-state index contributed by atoms with van der Waals surface area (Å²) >= 11 is 0. The van der Waals surface area contributed by atoms with Crippen LogP contribution in [0.4, 0.5) is 0 Å². The smallest absolute Gasteiger partial charge is 0.332 e. The Morgan fingerprint density at radius 3 is 2.57 bits per heavy atom. The van der Waals surface area contributed by atoms with E-state index in [2.05, 4.69) is 4.98 Å². The van der Waals surface area contributed by atoms with Crippen molar-refractivity contribution < 1.29 is 5.11 Å². The van der Waals surface area contributed by atoms with Crippen LogP contribution in [0.3, 0.4) is 0 Å². The topological polar surface area (TPSA) is 82.1 Å². The number of rotatable bonds is 5. The van der Waals surface area contributed by atoms with Gasteiger partial charge in [-0.15, -0.1) is 0 Å². The van der Waals surface area contributed by atoms with Crippen LogP contribution in [-0.4, -0.2) is 29.9 Å². The minimum absolute atomic E-state index is 0.185. The highest BCUT2D eigenvalue weighted by atomic mass is 16.3. The summed E-state index contributed by atoms with van der Waals surface area (Å²) in [5.74, 6) is -0.185. The highest BCUT2D eigenvalue weighted by Crippen LogP contribution is 2.08. The van der Waals surface area contributed by atoms with Crippen molar-refractivity contribution in [3.05, 3.63) is 27.2 Å². The highest BCUT2D eigenvalue weighted by Gasteiger charge is 2.18. The first kappa shape index (κ1) is 15.5. The number of nitrogens with zero attached hydrogens (tertiary/aromatic N) is 4. The van der Waals surface area contributed by atoms with Gasteiger partial charge in [-0.1, -0.05) is 13.8 Å². The average Bonchev–Trinajstić information content (AvgIpc) is 2.85. The predicted molar refractivity (Wildman–Crippen MR) is 80.4 cm³/mol. The fourth-order valence-electron chi connectivity index (χ4n) is 2.33. The third kappa shape index (κ3) is 2.65. The molecule has 2 aromatic rings. The molecule has 2 atom stereocenters. The molecule has 0 radical (unpaired) electrons. The van der Waals surface area contributed by atoms with Gasteiger partial charge in [0.2, 0.25) is 0 Å². The van der Waals surface area contributed by atoms with Crippen LogP contribution in [-0.2, 0) is 20.1 Å². The van der Waals surface area contributed by atoms with E-state index in [1.165, 1.54) is 9.13 Å². The van der Waals surface area contributed by atoms with Gasteiger partial charge in [0.1, 0.15) is 0 Å². The predicted octanol–water partition coefficient (Wildman–Crippen LogP) is 0.324. The van der Waals surface area contributed by atoms with Crippen molar-refractivity contribution in [2.24, 2.45) is 13.0 Å². The molecule has 7 nitrogen and oxygen atoms in total. The highest BCUT2D eigenvalue weighted by molar-refractivity contribution is 5.69. The maximum atomic E-state index is 12.6. The molecule has 0 amide bonds. The molecule has 116 valence electrons. The summed E-state index contributed by atoms with van der Waals surface area (Å²) in [4.78, 5) is 29.1. The molecule has 0 spiro atoms. The van der Waals surface area contributed by atoms with Crippen LogP contribution >= 0.6 is 0 Å². The Labute approximate surface area is 122 Å². The average molecular weight is 294 g/mol. The normalized spacial score (nSPS) is 14.5. The van der Waals surface area contributed by atoms with E-state index in [9.17, 15) is 14.7 Å². The van der Waals surface area contributed by atoms with Crippen LogP contribution in [0.1, 0.15) is 27.2 Å². The third-order valence-corrected chi connectivity index (χ3v) is 3.86. The second-order valence-electron chi connectivity index (χ2n) is 5.59. The van der Waals surface area contributed by atoms with E-state index < -0.39 is 11.8 Å². The largest absolute Gasteiger partial charge is 0.393 e. The van der Waals surface area contributed by atoms with Crippen LogP contribution in [0, 0.1) is 5.92 Å². The quantitative estimate of drug-likeness (QED) is 0.861. The van der Waals surface area contributed by atoms with Crippen molar-refractivity contribution in [1.82, 2.24) is 18.7 Å². The molecule has 0 aliphatic carbocycles. The summed E-state index contributed by atoms with van der Waals surface area (Å²) in [6, 6.07) is 0. The summed E-state index contributed by atoms with van der Waals surface area (Å²) in [6.07, 6.45) is 1.88. The SMILES string of the molecule is CCCn1cnc2c1c(=O)n(CC(C)C(C)O)c(=O)n2C. The van der Waals surface area contributed by atoms with Gasteiger partial charge in [-0.25, -0.2) is 9.78 Å². The Kier molecular flexibility index (Phi) is 4.32. The third-order valence-electron chi connectivity index (χ3n) is 3.86. The van der Waals surface area contributed by atoms with Gasteiger partial charge in [0.25, 0.3) is 5.56 Å². The molecule has 0 aromatic carbocycles. The zero-order valence-electron chi connectivity index (χ0n) is 12.9. The molecule has 7 heteroatoms. The van der Waals surface area contributed by atoms with Gasteiger partial charge in [-0.05, 0) is 19.3 Å². The van der Waals surface area contributed by atoms with Gasteiger partial charge >= 0.3 is 5.69 Å². The maximum absolute atomic E-state index is 12.6. The zero-order valence-corrected chi connectivity index (χ0v) is 12.9. The minimum atomic E-state index is -0.585. The van der Waals surface area contributed by atoms with Gasteiger partial charge in [0, 0.05) is 20.1 Å². The van der Waals surface area contributed by atoms with E-state index in [4.69, 9.17) is 0 Å². The van der Waals surface area contributed by atoms with E-state index in [1.54, 1.807) is 24.9 Å². The second-order valence-corrected chi connectivity index (χ2v) is 5.59. The van der Waals surface area contributed by atoms with Gasteiger partial charge in [-0.2, -0.15) is 0 Å². The monoisotopic (exact) mass is 294 g/mol. The molecule has 0 bridgehead atoms. The van der Waals surface area contributed by atoms with Crippen LogP contribution in [0.2, 0.25) is 0 Å². The number of fused-ring (bicyclic) bond motifs is 1. The molecule has 2 unspecified atom stereocenters. The van der Waals surface area contributed by atoms with Crippen molar-refractivity contribution in [1.29, 1.82) is 0 Å². The molecular weight excluding hydrogens is 272 g/mol. The fraction of sp³-hybridized carbons (Fsp3) is 0.643. The summed E-state index contributed by atoms with van der Waals surface area (Å²) in [6.45, 7) is 6.35. The van der Waals surface area contributed by atoms with Gasteiger partial charge in [0.05, 0.1) is 12.4 Å². The van der Waals surface area contributed by atoms with Crippen molar-refractivity contribution in [3.8, 4) is 0 Å². The number of aromatic nitrogens is 4. The molecular formula is C14H22N4O3. The van der Waals surface area contributed by atoms with Crippen molar-refractivity contribution >= 4 is 11.2 Å². The molecule has 0 fully saturated rings. The van der Waals surface area contributed by atoms with Crippen LogP contribution in [0.15, 0.2) is 15.9 Å². The molecule has 2 heterocycles. The van der Waals surface area contributed by atoms with Crippen LogP contribution in [0.5, 0.6) is 0 Å². The van der Waals surface area contributed by atoms with Crippen LogP contribution < -0.4 is 11.2 Å². The number of hydrogen-bond donors (Lipinski definition) is 1. The molecule has 0 aliphatic rings. The Bertz CT molecular complexity index is 754. The van der Waals surface area contributed by atoms with Crippen molar-refractivity contribution in [2.75, 3.05) is 0 Å². The van der Waals surface area contributed by atoms with E-state index >= 15 is 0 Å². The van der Waals surface area contributed by atoms with Gasteiger partial charge in [-0.3, -0.25) is 13.9 Å². The van der Waals surface area contributed by atoms with E-state index in [-0.39, 0.29) is 18.0 Å². The summed E-state index contributed by atoms with van der Waals surface area (Å²) in [5.41, 5.74) is 0.101.